The van der Waals surface area contributed by atoms with Gasteiger partial charge in [-0.3, -0.25) is 0 Å². The van der Waals surface area contributed by atoms with Crippen molar-refractivity contribution in [3.05, 3.63) is 108 Å². The predicted octanol–water partition coefficient (Wildman–Crippen LogP) is 4.35. The molecule has 0 fully saturated rings. The van der Waals surface area contributed by atoms with Crippen molar-refractivity contribution >= 4 is 19.7 Å². The molecule has 0 aliphatic heterocycles. The molecule has 0 heterocycles. The fraction of sp³-hybridized carbons (Fsp3) is 0.0400. The van der Waals surface area contributed by atoms with Crippen LogP contribution < -0.4 is 0 Å². The molecule has 0 atom stereocenters. The zero-order chi connectivity index (χ0) is 23.6. The second-order valence-corrected chi connectivity index (χ2v) is 11.4. The van der Waals surface area contributed by atoms with E-state index >= 15 is 0 Å². The Morgan fingerprint density at radius 1 is 0.424 bits per heavy atom. The van der Waals surface area contributed by atoms with E-state index in [0.717, 1.165) is 11.1 Å². The summed E-state index contributed by atoms with van der Waals surface area (Å²) in [4.78, 5) is 0.483. The molecule has 0 amide bonds. The maximum atomic E-state index is 12.7. The summed E-state index contributed by atoms with van der Waals surface area (Å²) in [6.07, 6.45) is 0.499. The number of benzene rings is 4. The van der Waals surface area contributed by atoms with E-state index in [-0.39, 0.29) is 31.1 Å². The number of rotatable bonds is 6. The van der Waals surface area contributed by atoms with Crippen molar-refractivity contribution < 1.29 is 27.0 Å². The van der Waals surface area contributed by atoms with Crippen LogP contribution in [0.1, 0.15) is 11.1 Å². The van der Waals surface area contributed by atoms with Gasteiger partial charge in [0.1, 0.15) is 11.5 Å². The van der Waals surface area contributed by atoms with E-state index in [0.29, 0.717) is 6.42 Å². The molecule has 33 heavy (non-hydrogen) atoms. The summed E-state index contributed by atoms with van der Waals surface area (Å²) in [6, 6.07) is 23.7. The monoisotopic (exact) mass is 480 g/mol. The second kappa shape index (κ2) is 8.73. The molecule has 0 unspecified atom stereocenters. The summed E-state index contributed by atoms with van der Waals surface area (Å²) in [5.41, 5.74) is 1.74. The molecule has 0 saturated heterocycles. The molecule has 0 aliphatic rings. The average Bonchev–Trinajstić information content (AvgIpc) is 2.80. The fourth-order valence-electron chi connectivity index (χ4n) is 3.33. The Morgan fingerprint density at radius 3 is 0.939 bits per heavy atom. The van der Waals surface area contributed by atoms with Crippen LogP contribution in [0, 0.1) is 0 Å². The predicted molar refractivity (Wildman–Crippen MR) is 123 cm³/mol. The van der Waals surface area contributed by atoms with Crippen molar-refractivity contribution in [2.45, 2.75) is 26.0 Å². The molecule has 4 aromatic carbocycles. The van der Waals surface area contributed by atoms with Crippen LogP contribution in [0.2, 0.25) is 0 Å². The second-order valence-electron chi connectivity index (χ2n) is 7.46. The Kier molecular flexibility index (Phi) is 5.97. The van der Waals surface area contributed by atoms with Gasteiger partial charge in [0, 0.05) is 0 Å². The van der Waals surface area contributed by atoms with Gasteiger partial charge in [0.05, 0.1) is 19.6 Å². The zero-order valence-electron chi connectivity index (χ0n) is 17.3. The van der Waals surface area contributed by atoms with Crippen LogP contribution in [0.25, 0.3) is 0 Å². The van der Waals surface area contributed by atoms with E-state index < -0.39 is 19.7 Å². The Labute approximate surface area is 192 Å². The number of phenols is 2. The standard InChI is InChI=1S/C25H20O6S2/c26-20-5-13-24(14-6-20)32(28,29)22-9-1-18(2-10-22)17-19-3-11-23(12-4-19)33(30,31)25-15-7-21(27)8-16-25/h1-16,26-27H,17H2. The largest absolute Gasteiger partial charge is 0.508 e. The number of hydrogen-bond acceptors (Lipinski definition) is 6. The van der Waals surface area contributed by atoms with Gasteiger partial charge in [-0.05, 0) is 90.3 Å². The first-order valence-corrected chi connectivity index (χ1v) is 12.9. The van der Waals surface area contributed by atoms with Crippen molar-refractivity contribution in [2.75, 3.05) is 0 Å². The first-order valence-electron chi connectivity index (χ1n) is 9.92. The highest BCUT2D eigenvalue weighted by molar-refractivity contribution is 7.91. The lowest BCUT2D eigenvalue weighted by atomic mass is 10.1. The van der Waals surface area contributed by atoms with Crippen LogP contribution in [0.3, 0.4) is 0 Å². The first-order chi connectivity index (χ1) is 15.7. The van der Waals surface area contributed by atoms with Crippen LogP contribution in [0.15, 0.2) is 117 Å². The average molecular weight is 481 g/mol. The van der Waals surface area contributed by atoms with E-state index in [1.54, 1.807) is 24.3 Å². The normalized spacial score (nSPS) is 11.9. The Morgan fingerprint density at radius 2 is 0.667 bits per heavy atom. The number of sulfone groups is 2. The summed E-state index contributed by atoms with van der Waals surface area (Å²) in [6.45, 7) is 0. The van der Waals surface area contributed by atoms with Crippen LogP contribution in [-0.2, 0) is 26.1 Å². The van der Waals surface area contributed by atoms with Crippen LogP contribution in [-0.4, -0.2) is 27.0 Å². The summed E-state index contributed by atoms with van der Waals surface area (Å²) in [5.74, 6) is -0.0163. The van der Waals surface area contributed by atoms with Gasteiger partial charge in [0.25, 0.3) is 0 Å². The number of hydrogen-bond donors (Lipinski definition) is 2. The van der Waals surface area contributed by atoms with Crippen molar-refractivity contribution in [2.24, 2.45) is 0 Å². The van der Waals surface area contributed by atoms with E-state index in [1.165, 1.54) is 72.8 Å². The van der Waals surface area contributed by atoms with E-state index in [4.69, 9.17) is 0 Å². The van der Waals surface area contributed by atoms with Crippen LogP contribution >= 0.6 is 0 Å². The van der Waals surface area contributed by atoms with E-state index in [9.17, 15) is 27.0 Å². The molecule has 4 rings (SSSR count). The fourth-order valence-corrected chi connectivity index (χ4v) is 5.85. The molecule has 2 N–H and O–H groups in total. The molecule has 0 saturated carbocycles. The molecular formula is C25H20O6S2. The molecule has 0 radical (unpaired) electrons. The lowest BCUT2D eigenvalue weighted by molar-refractivity contribution is 0.474. The van der Waals surface area contributed by atoms with Gasteiger partial charge < -0.3 is 10.2 Å². The Balaban J connectivity index is 1.51. The molecule has 6 nitrogen and oxygen atoms in total. The molecule has 0 bridgehead atoms. The molecular weight excluding hydrogens is 460 g/mol. The highest BCUT2D eigenvalue weighted by Crippen LogP contribution is 2.25. The SMILES string of the molecule is O=S(=O)(c1ccc(O)cc1)c1ccc(Cc2ccc(S(=O)(=O)c3ccc(O)cc3)cc2)cc1. The van der Waals surface area contributed by atoms with Gasteiger partial charge in [-0.1, -0.05) is 24.3 Å². The van der Waals surface area contributed by atoms with Crippen LogP contribution in [0.4, 0.5) is 0 Å². The third-order valence-electron chi connectivity index (χ3n) is 5.17. The molecule has 4 aromatic rings. The minimum Gasteiger partial charge on any atom is -0.508 e. The Bertz CT molecular complexity index is 1350. The Hall–Kier alpha value is -3.62. The molecule has 0 aliphatic carbocycles. The van der Waals surface area contributed by atoms with Gasteiger partial charge in [0.15, 0.2) is 0 Å². The summed E-state index contributed by atoms with van der Waals surface area (Å²) in [5, 5.41) is 18.7. The quantitative estimate of drug-likeness (QED) is 0.425. The maximum Gasteiger partial charge on any atom is 0.206 e. The zero-order valence-corrected chi connectivity index (χ0v) is 18.9. The maximum absolute atomic E-state index is 12.7. The number of aromatic hydroxyl groups is 2. The third-order valence-corrected chi connectivity index (χ3v) is 8.74. The van der Waals surface area contributed by atoms with Crippen molar-refractivity contribution in [3.8, 4) is 11.5 Å². The summed E-state index contributed by atoms with van der Waals surface area (Å²) in [7, 11) is -7.38. The van der Waals surface area contributed by atoms with Gasteiger partial charge >= 0.3 is 0 Å². The van der Waals surface area contributed by atoms with E-state index in [2.05, 4.69) is 0 Å². The van der Waals surface area contributed by atoms with Gasteiger partial charge in [-0.25, -0.2) is 16.8 Å². The molecule has 8 heteroatoms. The third kappa shape index (κ3) is 4.76. The summed E-state index contributed by atoms with van der Waals surface area (Å²) >= 11 is 0. The van der Waals surface area contributed by atoms with Crippen molar-refractivity contribution in [1.82, 2.24) is 0 Å². The highest BCUT2D eigenvalue weighted by Gasteiger charge is 2.19. The van der Waals surface area contributed by atoms with Gasteiger partial charge in [-0.2, -0.15) is 0 Å². The van der Waals surface area contributed by atoms with Gasteiger partial charge in [0.2, 0.25) is 19.7 Å². The number of phenolic OH excluding ortho intramolecular Hbond substituents is 2. The lowest BCUT2D eigenvalue weighted by Gasteiger charge is -2.08. The molecule has 168 valence electrons. The molecule has 0 spiro atoms. The van der Waals surface area contributed by atoms with Crippen molar-refractivity contribution in [3.63, 3.8) is 0 Å². The minimum absolute atomic E-state index is 0.00816. The lowest BCUT2D eigenvalue weighted by Crippen LogP contribution is -2.02. The smallest absolute Gasteiger partial charge is 0.206 e. The highest BCUT2D eigenvalue weighted by atomic mass is 32.2. The van der Waals surface area contributed by atoms with Crippen LogP contribution in [0.5, 0.6) is 11.5 Å². The summed E-state index contributed by atoms with van der Waals surface area (Å²) < 4.78 is 50.9. The van der Waals surface area contributed by atoms with E-state index in [1.807, 2.05) is 0 Å². The van der Waals surface area contributed by atoms with Gasteiger partial charge in [-0.15, -0.1) is 0 Å². The molecule has 0 aromatic heterocycles. The minimum atomic E-state index is -3.69. The van der Waals surface area contributed by atoms with Crippen molar-refractivity contribution in [1.29, 1.82) is 0 Å². The topological polar surface area (TPSA) is 109 Å². The first kappa shape index (κ1) is 22.6.